The van der Waals surface area contributed by atoms with Gasteiger partial charge in [0.2, 0.25) is 0 Å². The first kappa shape index (κ1) is 14.5. The minimum atomic E-state index is -0.520. The van der Waals surface area contributed by atoms with Gasteiger partial charge in [-0.25, -0.2) is 4.79 Å². The van der Waals surface area contributed by atoms with Crippen molar-refractivity contribution in [3.63, 3.8) is 0 Å². The van der Waals surface area contributed by atoms with Crippen LogP contribution in [0.4, 0.5) is 4.79 Å². The van der Waals surface area contributed by atoms with Crippen LogP contribution in [-0.2, 0) is 22.5 Å². The smallest absolute Gasteiger partial charge is 0.312 e. The molecule has 0 aliphatic heterocycles. The first-order valence-corrected chi connectivity index (χ1v) is 6.32. The van der Waals surface area contributed by atoms with Crippen LogP contribution in [0.3, 0.4) is 0 Å². The van der Waals surface area contributed by atoms with Crippen molar-refractivity contribution in [2.24, 2.45) is 5.73 Å². The van der Waals surface area contributed by atoms with E-state index in [9.17, 15) is 9.59 Å². The quantitative estimate of drug-likeness (QED) is 0.488. The lowest BCUT2D eigenvalue weighted by Gasteiger charge is -2.03. The summed E-state index contributed by atoms with van der Waals surface area (Å²) in [5, 5.41) is 5.65. The van der Waals surface area contributed by atoms with Crippen LogP contribution in [0.15, 0.2) is 12.1 Å². The SMILES string of the molecule is COC(=O)Cc1ccc(CNCCNC(N)=O)s1. The molecule has 0 spiro atoms. The van der Waals surface area contributed by atoms with Gasteiger partial charge >= 0.3 is 12.0 Å². The maximum Gasteiger partial charge on any atom is 0.312 e. The molecule has 6 nitrogen and oxygen atoms in total. The number of esters is 1. The lowest BCUT2D eigenvalue weighted by molar-refractivity contribution is -0.139. The maximum absolute atomic E-state index is 11.1. The normalized spacial score (nSPS) is 10.1. The molecule has 100 valence electrons. The largest absolute Gasteiger partial charge is 0.469 e. The van der Waals surface area contributed by atoms with Crippen LogP contribution in [0.25, 0.3) is 0 Å². The Hall–Kier alpha value is -1.60. The molecule has 18 heavy (non-hydrogen) atoms. The second kappa shape index (κ2) is 7.67. The highest BCUT2D eigenvalue weighted by Crippen LogP contribution is 2.17. The molecule has 2 amide bonds. The van der Waals surface area contributed by atoms with Crippen molar-refractivity contribution in [1.82, 2.24) is 10.6 Å². The number of amides is 2. The van der Waals surface area contributed by atoms with E-state index in [1.807, 2.05) is 12.1 Å². The highest BCUT2D eigenvalue weighted by Gasteiger charge is 2.05. The molecule has 0 unspecified atom stereocenters. The molecule has 0 radical (unpaired) electrons. The third-order valence-electron chi connectivity index (χ3n) is 2.16. The number of thiophene rings is 1. The van der Waals surface area contributed by atoms with Gasteiger partial charge in [0.1, 0.15) is 0 Å². The van der Waals surface area contributed by atoms with Crippen LogP contribution in [0, 0.1) is 0 Å². The van der Waals surface area contributed by atoms with E-state index in [1.54, 1.807) is 11.3 Å². The zero-order valence-corrected chi connectivity index (χ0v) is 11.0. The average molecular weight is 271 g/mol. The van der Waals surface area contributed by atoms with Gasteiger partial charge < -0.3 is 21.1 Å². The number of nitrogens with two attached hydrogens (primary N) is 1. The van der Waals surface area contributed by atoms with Crippen molar-refractivity contribution in [1.29, 1.82) is 0 Å². The summed E-state index contributed by atoms with van der Waals surface area (Å²) in [6.07, 6.45) is 0.310. The van der Waals surface area contributed by atoms with Crippen molar-refractivity contribution < 1.29 is 14.3 Å². The Kier molecular flexibility index (Phi) is 6.16. The summed E-state index contributed by atoms with van der Waals surface area (Å²) in [7, 11) is 1.38. The molecule has 1 aromatic rings. The Labute approximate surface area is 110 Å². The average Bonchev–Trinajstić information content (AvgIpc) is 2.75. The predicted octanol–water partition coefficient (Wildman–Crippen LogP) is 0.221. The fourth-order valence-electron chi connectivity index (χ4n) is 1.31. The van der Waals surface area contributed by atoms with E-state index in [1.165, 1.54) is 7.11 Å². The Morgan fingerprint density at radius 3 is 2.72 bits per heavy atom. The van der Waals surface area contributed by atoms with E-state index in [0.717, 1.165) is 9.75 Å². The highest BCUT2D eigenvalue weighted by molar-refractivity contribution is 7.12. The predicted molar refractivity (Wildman–Crippen MR) is 69.3 cm³/mol. The van der Waals surface area contributed by atoms with Crippen molar-refractivity contribution in [2.75, 3.05) is 20.2 Å². The maximum atomic E-state index is 11.1. The number of primary amides is 1. The van der Waals surface area contributed by atoms with Crippen LogP contribution in [0.2, 0.25) is 0 Å². The van der Waals surface area contributed by atoms with E-state index < -0.39 is 6.03 Å². The first-order chi connectivity index (χ1) is 8.61. The van der Waals surface area contributed by atoms with Crippen LogP contribution in [0.1, 0.15) is 9.75 Å². The molecular weight excluding hydrogens is 254 g/mol. The van der Waals surface area contributed by atoms with E-state index in [0.29, 0.717) is 26.1 Å². The lowest BCUT2D eigenvalue weighted by atomic mass is 10.3. The second-order valence-electron chi connectivity index (χ2n) is 3.59. The molecule has 0 bridgehead atoms. The molecular formula is C11H17N3O3S. The monoisotopic (exact) mass is 271 g/mol. The first-order valence-electron chi connectivity index (χ1n) is 5.50. The Balaban J connectivity index is 2.23. The molecule has 0 aliphatic rings. The number of carbonyl (C=O) groups is 2. The topological polar surface area (TPSA) is 93.4 Å². The number of carbonyl (C=O) groups excluding carboxylic acids is 2. The molecule has 7 heteroatoms. The zero-order valence-electron chi connectivity index (χ0n) is 10.2. The van der Waals surface area contributed by atoms with Crippen LogP contribution >= 0.6 is 11.3 Å². The van der Waals surface area contributed by atoms with E-state index in [4.69, 9.17) is 5.73 Å². The summed E-state index contributed by atoms with van der Waals surface area (Å²) in [6.45, 7) is 1.84. The van der Waals surface area contributed by atoms with Gasteiger partial charge in [0.05, 0.1) is 13.5 Å². The molecule has 0 aliphatic carbocycles. The van der Waals surface area contributed by atoms with Crippen LogP contribution < -0.4 is 16.4 Å². The number of nitrogens with one attached hydrogen (secondary N) is 2. The third-order valence-corrected chi connectivity index (χ3v) is 3.25. The number of hydrogen-bond acceptors (Lipinski definition) is 5. The molecule has 1 aromatic heterocycles. The molecule has 1 rings (SSSR count). The van der Waals surface area contributed by atoms with Gasteiger partial charge in [-0.05, 0) is 12.1 Å². The van der Waals surface area contributed by atoms with E-state index >= 15 is 0 Å². The number of hydrogen-bond donors (Lipinski definition) is 3. The minimum Gasteiger partial charge on any atom is -0.469 e. The second-order valence-corrected chi connectivity index (χ2v) is 4.84. The number of rotatable bonds is 7. The molecule has 0 aromatic carbocycles. The molecule has 0 atom stereocenters. The molecule has 4 N–H and O–H groups in total. The zero-order chi connectivity index (χ0) is 13.4. The van der Waals surface area contributed by atoms with Gasteiger partial charge in [-0.1, -0.05) is 0 Å². The Bertz CT molecular complexity index is 406. The summed E-state index contributed by atoms with van der Waals surface area (Å²) in [6, 6.07) is 3.37. The van der Waals surface area contributed by atoms with E-state index in [-0.39, 0.29) is 5.97 Å². The summed E-state index contributed by atoms with van der Waals surface area (Å²) < 4.78 is 4.60. The molecule has 1 heterocycles. The summed E-state index contributed by atoms with van der Waals surface area (Å²) in [5.41, 5.74) is 4.93. The van der Waals surface area contributed by atoms with Crippen molar-refractivity contribution in [3.05, 3.63) is 21.9 Å². The van der Waals surface area contributed by atoms with Crippen LogP contribution in [-0.4, -0.2) is 32.2 Å². The summed E-state index contributed by atoms with van der Waals surface area (Å²) in [5.74, 6) is -0.234. The summed E-state index contributed by atoms with van der Waals surface area (Å²) >= 11 is 1.57. The van der Waals surface area contributed by atoms with Gasteiger partial charge in [0.15, 0.2) is 0 Å². The Morgan fingerprint density at radius 2 is 2.06 bits per heavy atom. The number of methoxy groups -OCH3 is 1. The Morgan fingerprint density at radius 1 is 1.33 bits per heavy atom. The van der Waals surface area contributed by atoms with Gasteiger partial charge in [0.25, 0.3) is 0 Å². The standard InChI is InChI=1S/C11H17N3O3S/c1-17-10(15)6-8-2-3-9(18-8)7-13-4-5-14-11(12)16/h2-3,13H,4-7H2,1H3,(H3,12,14,16). The molecule has 0 saturated carbocycles. The van der Waals surface area contributed by atoms with Crippen LogP contribution in [0.5, 0.6) is 0 Å². The molecule has 0 fully saturated rings. The number of urea groups is 1. The third kappa shape index (κ3) is 5.65. The van der Waals surface area contributed by atoms with Crippen molar-refractivity contribution in [2.45, 2.75) is 13.0 Å². The fraction of sp³-hybridized carbons (Fsp3) is 0.455. The number of ether oxygens (including phenoxy) is 1. The lowest BCUT2D eigenvalue weighted by Crippen LogP contribution is -2.35. The van der Waals surface area contributed by atoms with Gasteiger partial charge in [-0.3, -0.25) is 4.79 Å². The highest BCUT2D eigenvalue weighted by atomic mass is 32.1. The fourth-order valence-corrected chi connectivity index (χ4v) is 2.29. The van der Waals surface area contributed by atoms with Crippen molar-refractivity contribution in [3.8, 4) is 0 Å². The van der Waals surface area contributed by atoms with Gasteiger partial charge in [0, 0.05) is 29.4 Å². The van der Waals surface area contributed by atoms with E-state index in [2.05, 4.69) is 15.4 Å². The summed E-state index contributed by atoms with van der Waals surface area (Å²) in [4.78, 5) is 23.6. The van der Waals surface area contributed by atoms with Crippen molar-refractivity contribution >= 4 is 23.3 Å². The molecule has 0 saturated heterocycles. The van der Waals surface area contributed by atoms with Gasteiger partial charge in [-0.2, -0.15) is 0 Å². The minimum absolute atomic E-state index is 0.234. The van der Waals surface area contributed by atoms with Gasteiger partial charge in [-0.15, -0.1) is 11.3 Å².